The summed E-state index contributed by atoms with van der Waals surface area (Å²) in [4.78, 5) is 3.44. The Bertz CT molecular complexity index is 619. The van der Waals surface area contributed by atoms with Crippen LogP contribution in [0.15, 0.2) is 29.6 Å². The third kappa shape index (κ3) is 4.37. The highest BCUT2D eigenvalue weighted by atomic mass is 35.5. The molecule has 1 saturated heterocycles. The van der Waals surface area contributed by atoms with Crippen LogP contribution in [0.4, 0.5) is 4.39 Å². The van der Waals surface area contributed by atoms with Gasteiger partial charge in [-0.2, -0.15) is 0 Å². The molecule has 1 fully saturated rings. The topological polar surface area (TPSA) is 35.5 Å². The number of nitrogens with zero attached hydrogens (tertiary/aromatic N) is 1. The number of hydrogen-bond donors (Lipinski definition) is 2. The van der Waals surface area contributed by atoms with Crippen LogP contribution in [0.2, 0.25) is 0 Å². The van der Waals surface area contributed by atoms with E-state index in [9.17, 15) is 9.50 Å². The number of rotatable bonds is 3. The van der Waals surface area contributed by atoms with Crippen molar-refractivity contribution in [3.63, 3.8) is 0 Å². The van der Waals surface area contributed by atoms with Crippen molar-refractivity contribution in [2.24, 2.45) is 0 Å². The van der Waals surface area contributed by atoms with E-state index in [1.54, 1.807) is 11.3 Å². The second-order valence-corrected chi connectivity index (χ2v) is 6.37. The normalized spacial score (nSPS) is 16.3. The van der Waals surface area contributed by atoms with Crippen LogP contribution in [0, 0.1) is 12.7 Å². The second-order valence-electron chi connectivity index (χ2n) is 5.39. The number of aryl methyl sites for hydroxylation is 1. The van der Waals surface area contributed by atoms with Crippen LogP contribution in [0.1, 0.15) is 22.0 Å². The first-order chi connectivity index (χ1) is 10.2. The molecule has 0 spiro atoms. The van der Waals surface area contributed by atoms with Crippen molar-refractivity contribution < 1.29 is 9.50 Å². The van der Waals surface area contributed by atoms with Crippen molar-refractivity contribution in [2.75, 3.05) is 26.2 Å². The lowest BCUT2D eigenvalue weighted by Crippen LogP contribution is -2.45. The Hall–Kier alpha value is -0.850. The van der Waals surface area contributed by atoms with E-state index >= 15 is 0 Å². The highest BCUT2D eigenvalue weighted by Gasteiger charge is 2.28. The number of thiophene rings is 1. The minimum Gasteiger partial charge on any atom is -0.505 e. The fraction of sp³-hybridized carbons (Fsp3) is 0.375. The summed E-state index contributed by atoms with van der Waals surface area (Å²) in [5.74, 6) is -0.765. The Morgan fingerprint density at radius 3 is 2.57 bits per heavy atom. The Labute approximate surface area is 152 Å². The number of halogens is 3. The Balaban J connectivity index is 0.00000132. The number of piperazine rings is 1. The van der Waals surface area contributed by atoms with E-state index in [0.717, 1.165) is 36.6 Å². The maximum Gasteiger partial charge on any atom is 0.165 e. The van der Waals surface area contributed by atoms with Crippen molar-refractivity contribution in [2.45, 2.75) is 13.0 Å². The fourth-order valence-electron chi connectivity index (χ4n) is 2.89. The van der Waals surface area contributed by atoms with E-state index in [0.29, 0.717) is 5.56 Å². The van der Waals surface area contributed by atoms with E-state index < -0.39 is 5.82 Å². The zero-order valence-corrected chi connectivity index (χ0v) is 15.2. The van der Waals surface area contributed by atoms with Gasteiger partial charge in [0.1, 0.15) is 0 Å². The minimum atomic E-state index is -0.540. The molecule has 7 heteroatoms. The van der Waals surface area contributed by atoms with Crippen LogP contribution in [0.3, 0.4) is 0 Å². The summed E-state index contributed by atoms with van der Waals surface area (Å²) in [5, 5.41) is 15.6. The molecule has 3 rings (SSSR count). The molecular weight excluding hydrogens is 358 g/mol. The van der Waals surface area contributed by atoms with Crippen molar-refractivity contribution in [3.8, 4) is 5.75 Å². The average molecular weight is 379 g/mol. The molecule has 1 aromatic heterocycles. The number of aromatic hydroxyl groups is 1. The highest BCUT2D eigenvalue weighted by molar-refractivity contribution is 7.10. The van der Waals surface area contributed by atoms with E-state index in [2.05, 4.69) is 16.3 Å². The van der Waals surface area contributed by atoms with Gasteiger partial charge in [-0.1, -0.05) is 12.1 Å². The number of nitrogens with one attached hydrogen (secondary N) is 1. The van der Waals surface area contributed by atoms with Gasteiger partial charge in [0, 0.05) is 36.6 Å². The quantitative estimate of drug-likeness (QED) is 0.853. The van der Waals surface area contributed by atoms with Gasteiger partial charge < -0.3 is 10.4 Å². The van der Waals surface area contributed by atoms with Gasteiger partial charge in [0.2, 0.25) is 0 Å². The van der Waals surface area contributed by atoms with Gasteiger partial charge in [-0.15, -0.1) is 36.2 Å². The van der Waals surface area contributed by atoms with Crippen molar-refractivity contribution in [3.05, 3.63) is 51.5 Å². The predicted molar refractivity (Wildman–Crippen MR) is 97.9 cm³/mol. The van der Waals surface area contributed by atoms with Gasteiger partial charge in [-0.3, -0.25) is 4.90 Å². The van der Waals surface area contributed by atoms with E-state index in [-0.39, 0.29) is 36.6 Å². The molecule has 3 nitrogen and oxygen atoms in total. The molecule has 1 aliphatic heterocycles. The van der Waals surface area contributed by atoms with Crippen molar-refractivity contribution >= 4 is 36.2 Å². The van der Waals surface area contributed by atoms with Crippen LogP contribution >= 0.6 is 36.2 Å². The number of benzene rings is 1. The predicted octanol–water partition coefficient (Wildman–Crippen LogP) is 3.74. The molecule has 128 valence electrons. The van der Waals surface area contributed by atoms with Crippen LogP contribution in [0.25, 0.3) is 0 Å². The molecule has 1 aliphatic rings. The summed E-state index contributed by atoms with van der Waals surface area (Å²) < 4.78 is 13.9. The van der Waals surface area contributed by atoms with Gasteiger partial charge in [0.05, 0.1) is 6.04 Å². The largest absolute Gasteiger partial charge is 0.505 e. The molecule has 0 bridgehead atoms. The van der Waals surface area contributed by atoms with Crippen LogP contribution in [-0.2, 0) is 0 Å². The zero-order chi connectivity index (χ0) is 14.8. The first kappa shape index (κ1) is 20.2. The first-order valence-electron chi connectivity index (χ1n) is 7.14. The zero-order valence-electron chi connectivity index (χ0n) is 12.8. The number of phenolic OH excluding ortho intramolecular Hbond substituents is 1. The van der Waals surface area contributed by atoms with Crippen molar-refractivity contribution in [1.29, 1.82) is 0 Å². The van der Waals surface area contributed by atoms with Gasteiger partial charge in [-0.05, 0) is 30.0 Å². The van der Waals surface area contributed by atoms with Gasteiger partial charge in [0.15, 0.2) is 11.6 Å². The molecule has 2 aromatic rings. The highest BCUT2D eigenvalue weighted by Crippen LogP contribution is 2.38. The molecule has 0 radical (unpaired) electrons. The monoisotopic (exact) mass is 378 g/mol. The molecule has 2 N–H and O–H groups in total. The summed E-state index contributed by atoms with van der Waals surface area (Å²) >= 11 is 1.64. The van der Waals surface area contributed by atoms with E-state index in [1.807, 2.05) is 24.4 Å². The summed E-state index contributed by atoms with van der Waals surface area (Å²) in [6.07, 6.45) is 0. The summed E-state index contributed by atoms with van der Waals surface area (Å²) in [5.41, 5.74) is 1.49. The Kier molecular flexibility index (Phi) is 7.77. The van der Waals surface area contributed by atoms with Crippen LogP contribution < -0.4 is 5.32 Å². The Morgan fingerprint density at radius 1 is 1.26 bits per heavy atom. The summed E-state index contributed by atoms with van der Waals surface area (Å²) in [6.45, 7) is 5.46. The smallest absolute Gasteiger partial charge is 0.165 e. The molecule has 0 unspecified atom stereocenters. The third-order valence-corrected chi connectivity index (χ3v) is 4.79. The molecule has 2 heterocycles. The molecule has 1 atom stereocenters. The lowest BCUT2D eigenvalue weighted by Gasteiger charge is -2.35. The maximum absolute atomic E-state index is 13.9. The molecule has 0 saturated carbocycles. The van der Waals surface area contributed by atoms with E-state index in [1.165, 1.54) is 6.07 Å². The van der Waals surface area contributed by atoms with E-state index in [4.69, 9.17) is 0 Å². The first-order valence-corrected chi connectivity index (χ1v) is 8.02. The number of phenols is 1. The maximum atomic E-state index is 13.9. The molecular formula is C16H21Cl2FN2OS. The molecule has 1 aromatic carbocycles. The second kappa shape index (κ2) is 8.85. The van der Waals surface area contributed by atoms with Gasteiger partial charge in [-0.25, -0.2) is 4.39 Å². The third-order valence-electron chi connectivity index (χ3n) is 3.86. The Morgan fingerprint density at radius 2 is 1.96 bits per heavy atom. The van der Waals surface area contributed by atoms with Crippen LogP contribution in [-0.4, -0.2) is 36.2 Å². The molecule has 0 aliphatic carbocycles. The van der Waals surface area contributed by atoms with Crippen LogP contribution in [0.5, 0.6) is 5.75 Å². The van der Waals surface area contributed by atoms with Crippen molar-refractivity contribution in [1.82, 2.24) is 10.2 Å². The van der Waals surface area contributed by atoms with Gasteiger partial charge >= 0.3 is 0 Å². The SMILES string of the molecule is Cc1cc(F)c(O)c([C@H](c2cccs2)N2CCNCC2)c1.Cl.Cl. The molecule has 23 heavy (non-hydrogen) atoms. The summed E-state index contributed by atoms with van der Waals surface area (Å²) in [6, 6.07) is 7.24. The van der Waals surface area contributed by atoms with Gasteiger partial charge in [0.25, 0.3) is 0 Å². The summed E-state index contributed by atoms with van der Waals surface area (Å²) in [7, 11) is 0. The minimum absolute atomic E-state index is 0. The average Bonchev–Trinajstić information content (AvgIpc) is 2.99. The number of hydrogen-bond acceptors (Lipinski definition) is 4. The lowest BCUT2D eigenvalue weighted by atomic mass is 9.99. The molecule has 0 amide bonds. The fourth-order valence-corrected chi connectivity index (χ4v) is 3.76. The standard InChI is InChI=1S/C16H19FN2OS.2ClH/c1-11-9-12(16(20)13(17)10-11)15(14-3-2-8-21-14)19-6-4-18-5-7-19;;/h2-3,8-10,15,18,20H,4-7H2,1H3;2*1H/t15-;;/m1../s1. The lowest BCUT2D eigenvalue weighted by molar-refractivity contribution is 0.197.